The molecule has 2 unspecified atom stereocenters. The number of hydrogen-bond donors (Lipinski definition) is 2. The Kier molecular flexibility index (Phi) is 2.92. The zero-order valence-electron chi connectivity index (χ0n) is 11.7. The van der Waals surface area contributed by atoms with Crippen LogP contribution >= 0.6 is 0 Å². The van der Waals surface area contributed by atoms with E-state index in [0.717, 1.165) is 18.4 Å². The second kappa shape index (κ2) is 4.22. The van der Waals surface area contributed by atoms with E-state index in [9.17, 15) is 4.79 Å². The van der Waals surface area contributed by atoms with Gasteiger partial charge >= 0.3 is 0 Å². The quantitative estimate of drug-likeness (QED) is 0.802. The summed E-state index contributed by atoms with van der Waals surface area (Å²) in [6.07, 6.45) is 9.24. The van der Waals surface area contributed by atoms with E-state index >= 15 is 0 Å². The average molecular weight is 250 g/mol. The Hall–Kier alpha value is -0.570. The van der Waals surface area contributed by atoms with E-state index in [0.29, 0.717) is 5.41 Å². The van der Waals surface area contributed by atoms with Crippen molar-refractivity contribution in [1.29, 1.82) is 0 Å². The first-order valence-corrected chi connectivity index (χ1v) is 7.48. The molecule has 4 saturated carbocycles. The fraction of sp³-hybridized carbons (Fsp3) is 0.933. The average Bonchev–Trinajstić information content (AvgIpc) is 2.22. The van der Waals surface area contributed by atoms with Crippen LogP contribution in [0.25, 0.3) is 0 Å². The fourth-order valence-corrected chi connectivity index (χ4v) is 5.65. The molecule has 0 spiro atoms. The summed E-state index contributed by atoms with van der Waals surface area (Å²) in [5.41, 5.74) is 0.680. The first kappa shape index (κ1) is 12.5. The Balaban J connectivity index is 1.81. The smallest absolute Gasteiger partial charge is 0.217 e. The topological polar surface area (TPSA) is 41.1 Å². The van der Waals surface area contributed by atoms with Crippen molar-refractivity contribution in [3.05, 3.63) is 0 Å². The predicted octanol–water partition coefficient (Wildman–Crippen LogP) is 2.07. The van der Waals surface area contributed by atoms with Gasteiger partial charge in [0, 0.05) is 12.5 Å². The summed E-state index contributed by atoms with van der Waals surface area (Å²) in [6.45, 7) is 2.80. The number of rotatable bonds is 4. The van der Waals surface area contributed by atoms with Crippen molar-refractivity contribution >= 4 is 5.91 Å². The SMILES string of the molecule is CNCCC12CC3CC(C1)CC(NC(C)=O)(C3)C2. The third kappa shape index (κ3) is 2.07. The van der Waals surface area contributed by atoms with Crippen LogP contribution in [-0.2, 0) is 4.79 Å². The molecular formula is C15H26N2O. The lowest BCUT2D eigenvalue weighted by Crippen LogP contribution is -2.63. The van der Waals surface area contributed by atoms with Gasteiger partial charge in [-0.1, -0.05) is 0 Å². The Morgan fingerprint density at radius 3 is 2.44 bits per heavy atom. The maximum absolute atomic E-state index is 11.5. The summed E-state index contributed by atoms with van der Waals surface area (Å²) < 4.78 is 0. The van der Waals surface area contributed by atoms with Crippen molar-refractivity contribution in [2.75, 3.05) is 13.6 Å². The highest BCUT2D eigenvalue weighted by molar-refractivity contribution is 5.74. The summed E-state index contributed by atoms with van der Waals surface area (Å²) in [6, 6.07) is 0. The maximum Gasteiger partial charge on any atom is 0.217 e. The van der Waals surface area contributed by atoms with E-state index in [1.165, 1.54) is 44.9 Å². The number of carbonyl (C=O) groups is 1. The molecular weight excluding hydrogens is 224 g/mol. The van der Waals surface area contributed by atoms with Gasteiger partial charge in [-0.25, -0.2) is 0 Å². The van der Waals surface area contributed by atoms with E-state index < -0.39 is 0 Å². The monoisotopic (exact) mass is 250 g/mol. The van der Waals surface area contributed by atoms with Gasteiger partial charge in [0.05, 0.1) is 0 Å². The second-order valence-electron chi connectivity index (χ2n) is 7.28. The summed E-state index contributed by atoms with van der Waals surface area (Å²) in [5, 5.41) is 6.64. The van der Waals surface area contributed by atoms with Gasteiger partial charge in [0.15, 0.2) is 0 Å². The Morgan fingerprint density at radius 1 is 1.22 bits per heavy atom. The fourth-order valence-electron chi connectivity index (χ4n) is 5.65. The summed E-state index contributed by atoms with van der Waals surface area (Å²) in [5.74, 6) is 1.91. The van der Waals surface area contributed by atoms with Gasteiger partial charge in [-0.2, -0.15) is 0 Å². The van der Waals surface area contributed by atoms with Gasteiger partial charge in [-0.3, -0.25) is 4.79 Å². The highest BCUT2D eigenvalue weighted by Crippen LogP contribution is 2.62. The van der Waals surface area contributed by atoms with Crippen LogP contribution < -0.4 is 10.6 Å². The lowest BCUT2D eigenvalue weighted by atomic mass is 9.46. The molecule has 4 aliphatic carbocycles. The van der Waals surface area contributed by atoms with Crippen LogP contribution in [0.15, 0.2) is 0 Å². The molecule has 0 saturated heterocycles. The summed E-state index contributed by atoms with van der Waals surface area (Å²) in [4.78, 5) is 11.5. The number of amides is 1. The highest BCUT2D eigenvalue weighted by atomic mass is 16.1. The molecule has 0 aromatic heterocycles. The molecule has 0 radical (unpaired) electrons. The second-order valence-corrected chi connectivity index (χ2v) is 7.28. The number of carbonyl (C=O) groups excluding carboxylic acids is 1. The van der Waals surface area contributed by atoms with E-state index in [2.05, 4.69) is 10.6 Å². The van der Waals surface area contributed by atoms with Crippen molar-refractivity contribution in [2.24, 2.45) is 17.3 Å². The van der Waals surface area contributed by atoms with Crippen LogP contribution in [0.4, 0.5) is 0 Å². The van der Waals surface area contributed by atoms with Gasteiger partial charge in [0.25, 0.3) is 0 Å². The van der Waals surface area contributed by atoms with Crippen LogP contribution in [0.1, 0.15) is 51.9 Å². The van der Waals surface area contributed by atoms with Crippen LogP contribution in [0.2, 0.25) is 0 Å². The molecule has 3 heteroatoms. The molecule has 0 aromatic rings. The van der Waals surface area contributed by atoms with Gasteiger partial charge in [-0.15, -0.1) is 0 Å². The lowest BCUT2D eigenvalue weighted by molar-refractivity contribution is -0.129. The molecule has 4 bridgehead atoms. The van der Waals surface area contributed by atoms with E-state index in [-0.39, 0.29) is 11.4 Å². The molecule has 102 valence electrons. The predicted molar refractivity (Wildman–Crippen MR) is 72.2 cm³/mol. The molecule has 0 aromatic carbocycles. The van der Waals surface area contributed by atoms with E-state index in [4.69, 9.17) is 0 Å². The van der Waals surface area contributed by atoms with E-state index in [1.807, 2.05) is 7.05 Å². The molecule has 3 nitrogen and oxygen atoms in total. The minimum atomic E-state index is 0.156. The van der Waals surface area contributed by atoms with Gasteiger partial charge in [0.1, 0.15) is 0 Å². The number of hydrogen-bond acceptors (Lipinski definition) is 2. The van der Waals surface area contributed by atoms with Crippen LogP contribution in [-0.4, -0.2) is 25.0 Å². The third-order valence-corrected chi connectivity index (χ3v) is 5.53. The molecule has 0 heterocycles. The maximum atomic E-state index is 11.5. The molecule has 4 fully saturated rings. The van der Waals surface area contributed by atoms with Crippen molar-refractivity contribution in [3.8, 4) is 0 Å². The minimum Gasteiger partial charge on any atom is -0.351 e. The molecule has 4 aliphatic rings. The Morgan fingerprint density at radius 2 is 1.89 bits per heavy atom. The molecule has 0 aliphatic heterocycles. The normalized spacial score (nSPS) is 45.2. The van der Waals surface area contributed by atoms with Crippen molar-refractivity contribution < 1.29 is 4.79 Å². The van der Waals surface area contributed by atoms with Crippen molar-refractivity contribution in [3.63, 3.8) is 0 Å². The third-order valence-electron chi connectivity index (χ3n) is 5.53. The zero-order valence-corrected chi connectivity index (χ0v) is 11.7. The summed E-state index contributed by atoms with van der Waals surface area (Å²) in [7, 11) is 2.05. The lowest BCUT2D eigenvalue weighted by Gasteiger charge is -2.62. The van der Waals surface area contributed by atoms with Gasteiger partial charge < -0.3 is 10.6 Å². The molecule has 18 heavy (non-hydrogen) atoms. The summed E-state index contributed by atoms with van der Waals surface area (Å²) >= 11 is 0. The number of nitrogens with one attached hydrogen (secondary N) is 2. The first-order chi connectivity index (χ1) is 8.55. The van der Waals surface area contributed by atoms with Crippen molar-refractivity contribution in [2.45, 2.75) is 57.4 Å². The van der Waals surface area contributed by atoms with Crippen LogP contribution in [0.5, 0.6) is 0 Å². The molecule has 4 rings (SSSR count). The molecule has 2 N–H and O–H groups in total. The van der Waals surface area contributed by atoms with Crippen LogP contribution in [0, 0.1) is 17.3 Å². The Labute approximate surface area is 110 Å². The van der Waals surface area contributed by atoms with Gasteiger partial charge in [0.2, 0.25) is 5.91 Å². The van der Waals surface area contributed by atoms with E-state index in [1.54, 1.807) is 6.92 Å². The largest absolute Gasteiger partial charge is 0.351 e. The van der Waals surface area contributed by atoms with Gasteiger partial charge in [-0.05, 0) is 75.8 Å². The molecule has 2 atom stereocenters. The van der Waals surface area contributed by atoms with Crippen molar-refractivity contribution in [1.82, 2.24) is 10.6 Å². The Bertz CT molecular complexity index is 338. The van der Waals surface area contributed by atoms with Crippen LogP contribution in [0.3, 0.4) is 0 Å². The highest BCUT2D eigenvalue weighted by Gasteiger charge is 2.57. The zero-order chi connectivity index (χ0) is 12.8. The first-order valence-electron chi connectivity index (χ1n) is 7.48. The molecule has 1 amide bonds. The minimum absolute atomic E-state index is 0.156. The standard InChI is InChI=1S/C15H26N2O/c1-11(18)17-15-8-12-5-13(9-15)7-14(6-12,10-15)3-4-16-2/h12-13,16H,3-10H2,1-2H3,(H,17,18).